The van der Waals surface area contributed by atoms with Crippen molar-refractivity contribution in [2.45, 2.75) is 39.8 Å². The van der Waals surface area contributed by atoms with Gasteiger partial charge in [-0.15, -0.1) is 24.0 Å². The number of amides is 1. The molecule has 0 aliphatic heterocycles. The number of hydrogen-bond acceptors (Lipinski definition) is 4. The molecule has 1 rings (SSSR count). The van der Waals surface area contributed by atoms with Gasteiger partial charge in [0.15, 0.2) is 5.96 Å². The van der Waals surface area contributed by atoms with Crippen molar-refractivity contribution in [2.24, 2.45) is 4.99 Å². The Morgan fingerprint density at radius 1 is 1.11 bits per heavy atom. The van der Waals surface area contributed by atoms with Crippen LogP contribution in [0.15, 0.2) is 35.3 Å². The predicted octanol–water partition coefficient (Wildman–Crippen LogP) is 1.19. The van der Waals surface area contributed by atoms with Crippen LogP contribution < -0.4 is 20.7 Å². The third-order valence-corrected chi connectivity index (χ3v) is 4.57. The second-order valence-corrected chi connectivity index (χ2v) is 8.97. The lowest BCUT2D eigenvalue weighted by Gasteiger charge is -2.20. The molecule has 0 unspecified atom stereocenters. The highest BCUT2D eigenvalue weighted by Crippen LogP contribution is 1.99. The first-order chi connectivity index (χ1) is 12.6. The Morgan fingerprint density at radius 2 is 1.75 bits per heavy atom. The van der Waals surface area contributed by atoms with Crippen molar-refractivity contribution >= 4 is 45.9 Å². The Hall–Kier alpha value is -1.40. The van der Waals surface area contributed by atoms with Gasteiger partial charge in [0.1, 0.15) is 6.54 Å². The van der Waals surface area contributed by atoms with E-state index < -0.39 is 10.0 Å². The van der Waals surface area contributed by atoms with E-state index in [4.69, 9.17) is 0 Å². The average Bonchev–Trinajstić information content (AvgIpc) is 2.57. The number of sulfonamides is 1. The van der Waals surface area contributed by atoms with Gasteiger partial charge in [-0.1, -0.05) is 30.3 Å². The van der Waals surface area contributed by atoms with E-state index >= 15 is 0 Å². The highest BCUT2D eigenvalue weighted by atomic mass is 127. The third-order valence-electron chi connectivity index (χ3n) is 3.24. The summed E-state index contributed by atoms with van der Waals surface area (Å²) < 4.78 is 26.7. The fraction of sp³-hybridized carbons (Fsp3) is 0.556. The molecule has 1 amide bonds. The molecule has 0 atom stereocenters. The lowest BCUT2D eigenvalue weighted by Crippen LogP contribution is -2.44. The predicted molar refractivity (Wildman–Crippen MR) is 124 cm³/mol. The summed E-state index contributed by atoms with van der Waals surface area (Å²) in [5.41, 5.74) is 0.574. The zero-order chi connectivity index (χ0) is 20.3. The number of guanidine groups is 1. The van der Waals surface area contributed by atoms with Gasteiger partial charge in [-0.05, 0) is 33.3 Å². The van der Waals surface area contributed by atoms with Crippen LogP contribution in [0.1, 0.15) is 33.3 Å². The molecular weight excluding hydrogens is 493 g/mol. The average molecular weight is 525 g/mol. The van der Waals surface area contributed by atoms with Crippen LogP contribution in [0, 0.1) is 0 Å². The van der Waals surface area contributed by atoms with Gasteiger partial charge >= 0.3 is 0 Å². The molecule has 1 aromatic carbocycles. The summed E-state index contributed by atoms with van der Waals surface area (Å²) in [4.78, 5) is 16.0. The van der Waals surface area contributed by atoms with Crippen LogP contribution in [-0.4, -0.2) is 51.2 Å². The second-order valence-electron chi connectivity index (χ2n) is 7.05. The highest BCUT2D eigenvalue weighted by molar-refractivity contribution is 14.0. The van der Waals surface area contributed by atoms with Crippen molar-refractivity contribution in [3.8, 4) is 0 Å². The van der Waals surface area contributed by atoms with Crippen molar-refractivity contribution in [3.63, 3.8) is 0 Å². The molecule has 10 heteroatoms. The molecule has 28 heavy (non-hydrogen) atoms. The van der Waals surface area contributed by atoms with Crippen molar-refractivity contribution in [2.75, 3.05) is 25.4 Å². The number of hydrogen-bond donors (Lipinski definition) is 4. The Morgan fingerprint density at radius 3 is 2.32 bits per heavy atom. The molecule has 0 aromatic heterocycles. The molecule has 0 bridgehead atoms. The van der Waals surface area contributed by atoms with Crippen LogP contribution in [0.25, 0.3) is 0 Å². The number of rotatable bonds is 9. The monoisotopic (exact) mass is 525 g/mol. The fourth-order valence-corrected chi connectivity index (χ4v) is 3.02. The quantitative estimate of drug-likeness (QED) is 0.220. The van der Waals surface area contributed by atoms with Gasteiger partial charge in [-0.3, -0.25) is 4.79 Å². The Balaban J connectivity index is 0.00000729. The summed E-state index contributed by atoms with van der Waals surface area (Å²) in [5.74, 6) is 0.106. The van der Waals surface area contributed by atoms with E-state index in [1.54, 1.807) is 0 Å². The molecule has 4 N–H and O–H groups in total. The van der Waals surface area contributed by atoms with Crippen molar-refractivity contribution < 1.29 is 13.2 Å². The SMILES string of the molecule is CCNC(=NCC(=O)NC(C)(C)C)NCCS(=O)(=O)NCc1ccccc1.I. The number of benzene rings is 1. The van der Waals surface area contributed by atoms with Gasteiger partial charge in [-0.2, -0.15) is 0 Å². The molecule has 0 saturated carbocycles. The first-order valence-corrected chi connectivity index (χ1v) is 10.6. The normalized spacial score (nSPS) is 12.1. The van der Waals surface area contributed by atoms with Crippen LogP contribution in [0.3, 0.4) is 0 Å². The van der Waals surface area contributed by atoms with E-state index in [0.717, 1.165) is 5.56 Å². The number of carbonyl (C=O) groups is 1. The van der Waals surface area contributed by atoms with Crippen LogP contribution >= 0.6 is 24.0 Å². The van der Waals surface area contributed by atoms with Crippen LogP contribution in [0.2, 0.25) is 0 Å². The van der Waals surface area contributed by atoms with E-state index in [2.05, 4.69) is 25.7 Å². The van der Waals surface area contributed by atoms with Crippen LogP contribution in [0.4, 0.5) is 0 Å². The van der Waals surface area contributed by atoms with Crippen LogP contribution in [-0.2, 0) is 21.4 Å². The number of aliphatic imine (C=N–C) groups is 1. The highest BCUT2D eigenvalue weighted by Gasteiger charge is 2.14. The van der Waals surface area contributed by atoms with E-state index in [9.17, 15) is 13.2 Å². The van der Waals surface area contributed by atoms with E-state index in [1.807, 2.05) is 58.0 Å². The minimum absolute atomic E-state index is 0. The molecule has 1 aromatic rings. The largest absolute Gasteiger partial charge is 0.357 e. The second kappa shape index (κ2) is 12.9. The molecule has 0 radical (unpaired) electrons. The summed E-state index contributed by atoms with van der Waals surface area (Å²) in [7, 11) is -3.42. The summed E-state index contributed by atoms with van der Waals surface area (Å²) in [6.45, 7) is 8.57. The zero-order valence-corrected chi connectivity index (χ0v) is 20.1. The van der Waals surface area contributed by atoms with Crippen molar-refractivity contribution in [1.82, 2.24) is 20.7 Å². The first-order valence-electron chi connectivity index (χ1n) is 8.96. The number of nitrogens with one attached hydrogen (secondary N) is 4. The summed E-state index contributed by atoms with van der Waals surface area (Å²) >= 11 is 0. The van der Waals surface area contributed by atoms with E-state index in [0.29, 0.717) is 12.5 Å². The number of halogens is 1. The Bertz CT molecular complexity index is 718. The third kappa shape index (κ3) is 12.9. The van der Waals surface area contributed by atoms with Crippen molar-refractivity contribution in [1.29, 1.82) is 0 Å². The van der Waals surface area contributed by atoms with Crippen LogP contribution in [0.5, 0.6) is 0 Å². The van der Waals surface area contributed by atoms with Gasteiger partial charge in [0.25, 0.3) is 0 Å². The molecule has 0 saturated heterocycles. The van der Waals surface area contributed by atoms with Gasteiger partial charge in [-0.25, -0.2) is 18.1 Å². The van der Waals surface area contributed by atoms with E-state index in [1.165, 1.54) is 0 Å². The molecule has 160 valence electrons. The summed E-state index contributed by atoms with van der Waals surface area (Å²) in [6.07, 6.45) is 0. The van der Waals surface area contributed by atoms with E-state index in [-0.39, 0.29) is 60.8 Å². The van der Waals surface area contributed by atoms with Gasteiger partial charge in [0.05, 0.1) is 5.75 Å². The van der Waals surface area contributed by atoms with Gasteiger partial charge in [0.2, 0.25) is 15.9 Å². The number of nitrogens with zero attached hydrogens (tertiary/aromatic N) is 1. The molecule has 0 fully saturated rings. The maximum Gasteiger partial charge on any atom is 0.242 e. The molecule has 0 aliphatic rings. The smallest absolute Gasteiger partial charge is 0.242 e. The standard InChI is InChI=1S/C18H31N5O3S.HI/c1-5-19-17(21-14-16(24)23-18(2,3)4)20-11-12-27(25,26)22-13-15-9-7-6-8-10-15;/h6-10,22H,5,11-14H2,1-4H3,(H,23,24)(H2,19,20,21);1H. The summed E-state index contributed by atoms with van der Waals surface area (Å²) in [6, 6.07) is 9.32. The maximum absolute atomic E-state index is 12.1. The van der Waals surface area contributed by atoms with Gasteiger partial charge in [0, 0.05) is 25.2 Å². The lowest BCUT2D eigenvalue weighted by molar-refractivity contribution is -0.121. The zero-order valence-electron chi connectivity index (χ0n) is 16.9. The topological polar surface area (TPSA) is 112 Å². The maximum atomic E-state index is 12.1. The molecule has 0 spiro atoms. The van der Waals surface area contributed by atoms with Crippen molar-refractivity contribution in [3.05, 3.63) is 35.9 Å². The molecule has 0 aliphatic carbocycles. The minimum Gasteiger partial charge on any atom is -0.357 e. The lowest BCUT2D eigenvalue weighted by atomic mass is 10.1. The Labute approximate surface area is 185 Å². The Kier molecular flexibility index (Phi) is 12.3. The number of carbonyl (C=O) groups excluding carboxylic acids is 1. The molecular formula is C18H32IN5O3S. The molecule has 0 heterocycles. The minimum atomic E-state index is -3.42. The molecule has 8 nitrogen and oxygen atoms in total. The fourth-order valence-electron chi connectivity index (χ4n) is 2.12. The summed E-state index contributed by atoms with van der Waals surface area (Å²) in [5, 5.41) is 8.74. The first kappa shape index (κ1) is 26.6. The van der Waals surface area contributed by atoms with Gasteiger partial charge < -0.3 is 16.0 Å².